The molecule has 132 valence electrons. The van der Waals surface area contributed by atoms with Gasteiger partial charge in [-0.05, 0) is 29.8 Å². The summed E-state index contributed by atoms with van der Waals surface area (Å²) in [5, 5.41) is 21.3. The molecule has 1 aromatic heterocycles. The number of nitro benzene ring substituents is 1. The van der Waals surface area contributed by atoms with E-state index in [-0.39, 0.29) is 11.4 Å². The number of hydrogen-bond acceptors (Lipinski definition) is 4. The molecule has 0 saturated heterocycles. The molecule has 0 spiro atoms. The summed E-state index contributed by atoms with van der Waals surface area (Å²) in [5.74, 6) is 0.582. The summed E-state index contributed by atoms with van der Waals surface area (Å²) in [5.41, 5.74) is 3.57. The van der Waals surface area contributed by atoms with Crippen molar-refractivity contribution >= 4 is 28.4 Å². The van der Waals surface area contributed by atoms with Crippen LogP contribution < -0.4 is 0 Å². The smallest absolute Gasteiger partial charge is 0.270 e. The third kappa shape index (κ3) is 3.28. The summed E-state index contributed by atoms with van der Waals surface area (Å²) in [6, 6.07) is 21.2. The maximum atomic E-state index is 11.1. The number of H-pyrrole nitrogens is 1. The number of hydrogen-bond donors (Lipinski definition) is 2. The Balaban J connectivity index is 1.92. The Labute approximate surface area is 154 Å². The maximum Gasteiger partial charge on any atom is 0.270 e. The average Bonchev–Trinajstić information content (AvgIpc) is 3.11. The van der Waals surface area contributed by atoms with Crippen LogP contribution in [0.2, 0.25) is 0 Å². The third-order valence-corrected chi connectivity index (χ3v) is 4.25. The molecule has 0 fully saturated rings. The maximum absolute atomic E-state index is 11.1. The van der Waals surface area contributed by atoms with E-state index in [1.54, 1.807) is 6.08 Å². The van der Waals surface area contributed by atoms with Crippen molar-refractivity contribution in [1.29, 1.82) is 0 Å². The first-order chi connectivity index (χ1) is 13.1. The van der Waals surface area contributed by atoms with E-state index in [0.29, 0.717) is 11.4 Å². The van der Waals surface area contributed by atoms with Crippen LogP contribution in [-0.2, 0) is 0 Å². The number of aromatic hydroxyl groups is 1. The minimum absolute atomic E-state index is 0.0369. The lowest BCUT2D eigenvalue weighted by Crippen LogP contribution is -1.92. The molecule has 2 N–H and O–H groups in total. The molecule has 0 unspecified atom stereocenters. The topological polar surface area (TPSA) is 92.1 Å². The quantitative estimate of drug-likeness (QED) is 0.313. The molecule has 6 heteroatoms. The lowest BCUT2D eigenvalue weighted by atomic mass is 10.0. The molecule has 0 aliphatic carbocycles. The first kappa shape index (κ1) is 16.5. The number of fused-ring (bicyclic) bond motifs is 1. The Hall–Kier alpha value is -3.93. The van der Waals surface area contributed by atoms with E-state index >= 15 is 0 Å². The molecule has 0 bridgehead atoms. The molecule has 0 atom stereocenters. The molecule has 1 heterocycles. The molecule has 27 heavy (non-hydrogen) atoms. The van der Waals surface area contributed by atoms with E-state index in [2.05, 4.69) is 9.97 Å². The van der Waals surface area contributed by atoms with Gasteiger partial charge < -0.3 is 10.1 Å². The SMILES string of the molecule is O=[N+]([O-])c1ccc(O)c(C=C(c2ccccc2)c2nc3ccccc3[nH]2)c1. The van der Waals surface area contributed by atoms with Crippen molar-refractivity contribution in [2.45, 2.75) is 0 Å². The molecule has 4 aromatic rings. The van der Waals surface area contributed by atoms with Crippen molar-refractivity contribution in [2.24, 2.45) is 0 Å². The Morgan fingerprint density at radius 2 is 1.78 bits per heavy atom. The van der Waals surface area contributed by atoms with Gasteiger partial charge in [0.1, 0.15) is 11.6 Å². The Bertz CT molecular complexity index is 1130. The van der Waals surface area contributed by atoms with Gasteiger partial charge in [0, 0.05) is 23.3 Å². The fourth-order valence-electron chi connectivity index (χ4n) is 2.91. The van der Waals surface area contributed by atoms with Gasteiger partial charge in [-0.3, -0.25) is 10.1 Å². The number of imidazole rings is 1. The molecular formula is C21H15N3O3. The largest absolute Gasteiger partial charge is 0.507 e. The Morgan fingerprint density at radius 1 is 1.04 bits per heavy atom. The highest BCUT2D eigenvalue weighted by atomic mass is 16.6. The van der Waals surface area contributed by atoms with Gasteiger partial charge in [0.2, 0.25) is 0 Å². The van der Waals surface area contributed by atoms with Crippen molar-refractivity contribution in [3.8, 4) is 5.75 Å². The number of nitrogens with zero attached hydrogens (tertiary/aromatic N) is 2. The normalized spacial score (nSPS) is 11.6. The zero-order valence-electron chi connectivity index (χ0n) is 14.2. The molecule has 0 amide bonds. The fourth-order valence-corrected chi connectivity index (χ4v) is 2.91. The van der Waals surface area contributed by atoms with Crippen molar-refractivity contribution in [2.75, 3.05) is 0 Å². The molecule has 0 aliphatic rings. The van der Waals surface area contributed by atoms with E-state index in [0.717, 1.165) is 22.2 Å². The average molecular weight is 357 g/mol. The van der Waals surface area contributed by atoms with E-state index < -0.39 is 4.92 Å². The van der Waals surface area contributed by atoms with E-state index in [9.17, 15) is 15.2 Å². The minimum Gasteiger partial charge on any atom is -0.507 e. The molecule has 0 aliphatic heterocycles. The molecule has 0 saturated carbocycles. The number of benzene rings is 3. The number of non-ortho nitro benzene ring substituents is 1. The number of nitrogens with one attached hydrogen (secondary N) is 1. The summed E-state index contributed by atoms with van der Waals surface area (Å²) in [4.78, 5) is 18.5. The number of aromatic nitrogens is 2. The predicted molar refractivity (Wildman–Crippen MR) is 104 cm³/mol. The lowest BCUT2D eigenvalue weighted by molar-refractivity contribution is -0.384. The van der Waals surface area contributed by atoms with Crippen molar-refractivity contribution in [3.63, 3.8) is 0 Å². The summed E-state index contributed by atoms with van der Waals surface area (Å²) in [6.07, 6.45) is 1.70. The zero-order valence-corrected chi connectivity index (χ0v) is 14.2. The Morgan fingerprint density at radius 3 is 2.52 bits per heavy atom. The van der Waals surface area contributed by atoms with Crippen LogP contribution in [0.5, 0.6) is 5.75 Å². The van der Waals surface area contributed by atoms with Gasteiger partial charge in [-0.25, -0.2) is 4.98 Å². The summed E-state index contributed by atoms with van der Waals surface area (Å²) < 4.78 is 0. The van der Waals surface area contributed by atoms with Crippen LogP contribution >= 0.6 is 0 Å². The second kappa shape index (κ2) is 6.76. The number of phenols is 1. The number of nitro groups is 1. The van der Waals surface area contributed by atoms with Crippen LogP contribution in [0.3, 0.4) is 0 Å². The van der Waals surface area contributed by atoms with Crippen molar-refractivity contribution in [1.82, 2.24) is 9.97 Å². The summed E-state index contributed by atoms with van der Waals surface area (Å²) in [7, 11) is 0. The number of phenolic OH excluding ortho intramolecular Hbond substituents is 1. The molecule has 6 nitrogen and oxygen atoms in total. The van der Waals surface area contributed by atoms with Gasteiger partial charge in [-0.15, -0.1) is 0 Å². The second-order valence-electron chi connectivity index (χ2n) is 6.03. The molecule has 3 aromatic carbocycles. The van der Waals surface area contributed by atoms with Crippen LogP contribution in [0.1, 0.15) is 17.0 Å². The molecular weight excluding hydrogens is 342 g/mol. The van der Waals surface area contributed by atoms with Crippen molar-refractivity contribution < 1.29 is 10.0 Å². The third-order valence-electron chi connectivity index (χ3n) is 4.25. The fraction of sp³-hybridized carbons (Fsp3) is 0. The van der Waals surface area contributed by atoms with Crippen LogP contribution in [-0.4, -0.2) is 20.0 Å². The Kier molecular flexibility index (Phi) is 4.14. The van der Waals surface area contributed by atoms with Gasteiger partial charge in [0.05, 0.1) is 16.0 Å². The number of para-hydroxylation sites is 2. The van der Waals surface area contributed by atoms with Crippen molar-refractivity contribution in [3.05, 3.63) is 99.9 Å². The van der Waals surface area contributed by atoms with Gasteiger partial charge in [0.15, 0.2) is 0 Å². The van der Waals surface area contributed by atoms with E-state index in [1.807, 2.05) is 54.6 Å². The van der Waals surface area contributed by atoms with E-state index in [1.165, 1.54) is 18.2 Å². The standard InChI is InChI=1S/C21H15N3O3/c25-20-11-10-16(24(26)27)12-15(20)13-17(14-6-2-1-3-7-14)21-22-18-8-4-5-9-19(18)23-21/h1-13,25H,(H,22,23). The van der Waals surface area contributed by atoms with Gasteiger partial charge in [-0.1, -0.05) is 42.5 Å². The summed E-state index contributed by atoms with van der Waals surface area (Å²) >= 11 is 0. The monoisotopic (exact) mass is 357 g/mol. The molecule has 0 radical (unpaired) electrons. The number of aromatic amines is 1. The van der Waals surface area contributed by atoms with Crippen LogP contribution in [0.15, 0.2) is 72.8 Å². The molecule has 4 rings (SSSR count). The van der Waals surface area contributed by atoms with Gasteiger partial charge in [0.25, 0.3) is 5.69 Å². The van der Waals surface area contributed by atoms with E-state index in [4.69, 9.17) is 0 Å². The summed E-state index contributed by atoms with van der Waals surface area (Å²) in [6.45, 7) is 0. The van der Waals surface area contributed by atoms with Crippen LogP contribution in [0.25, 0.3) is 22.7 Å². The first-order valence-electron chi connectivity index (χ1n) is 8.31. The number of rotatable bonds is 4. The lowest BCUT2D eigenvalue weighted by Gasteiger charge is -2.07. The minimum atomic E-state index is -0.486. The second-order valence-corrected chi connectivity index (χ2v) is 6.03. The zero-order chi connectivity index (χ0) is 18.8. The first-order valence-corrected chi connectivity index (χ1v) is 8.31. The predicted octanol–water partition coefficient (Wildman–Crippen LogP) is 4.77. The highest BCUT2D eigenvalue weighted by Gasteiger charge is 2.14. The highest BCUT2D eigenvalue weighted by molar-refractivity contribution is 5.92. The van der Waals surface area contributed by atoms with Crippen LogP contribution in [0.4, 0.5) is 5.69 Å². The van der Waals surface area contributed by atoms with Gasteiger partial charge >= 0.3 is 0 Å². The highest BCUT2D eigenvalue weighted by Crippen LogP contribution is 2.31. The van der Waals surface area contributed by atoms with Gasteiger partial charge in [-0.2, -0.15) is 0 Å². The van der Waals surface area contributed by atoms with Crippen LogP contribution in [0, 0.1) is 10.1 Å².